The monoisotopic (exact) mass is 322 g/mol. The Labute approximate surface area is 127 Å². The van der Waals surface area contributed by atoms with E-state index >= 15 is 0 Å². The summed E-state index contributed by atoms with van der Waals surface area (Å²) in [5.74, 6) is 0.0448. The van der Waals surface area contributed by atoms with Crippen LogP contribution in [0.3, 0.4) is 0 Å². The molecule has 0 saturated heterocycles. The first-order valence-electron chi connectivity index (χ1n) is 6.85. The molecule has 0 aliphatic heterocycles. The molecule has 2 aromatic rings. The summed E-state index contributed by atoms with van der Waals surface area (Å²) in [7, 11) is -3.93. The van der Waals surface area contributed by atoms with Crippen LogP contribution in [0.15, 0.2) is 35.5 Å². The molecule has 1 fully saturated rings. The highest BCUT2D eigenvalue weighted by molar-refractivity contribution is 7.89. The summed E-state index contributed by atoms with van der Waals surface area (Å²) >= 11 is 0. The Morgan fingerprint density at radius 1 is 1.23 bits per heavy atom. The van der Waals surface area contributed by atoms with Crippen LogP contribution in [0.4, 0.5) is 16.0 Å². The number of nitrogens with two attached hydrogens (primary N) is 1. The second-order valence-electron chi connectivity index (χ2n) is 5.28. The number of rotatable bonds is 4. The van der Waals surface area contributed by atoms with Crippen LogP contribution in [0.25, 0.3) is 0 Å². The third-order valence-corrected chi connectivity index (χ3v) is 4.67. The average molecular weight is 322 g/mol. The van der Waals surface area contributed by atoms with Crippen LogP contribution in [-0.4, -0.2) is 18.4 Å². The Morgan fingerprint density at radius 2 is 1.91 bits per heavy atom. The van der Waals surface area contributed by atoms with Gasteiger partial charge >= 0.3 is 0 Å². The van der Waals surface area contributed by atoms with Gasteiger partial charge in [-0.15, -0.1) is 0 Å². The number of nitrogens with one attached hydrogen (secondary N) is 1. The molecule has 116 valence electrons. The molecule has 0 bridgehead atoms. The highest BCUT2D eigenvalue weighted by atomic mass is 32.2. The lowest BCUT2D eigenvalue weighted by atomic mass is 9.81. The van der Waals surface area contributed by atoms with E-state index in [2.05, 4.69) is 15.3 Å². The van der Waals surface area contributed by atoms with Gasteiger partial charge in [0.2, 0.25) is 16.0 Å². The summed E-state index contributed by atoms with van der Waals surface area (Å²) in [4.78, 5) is 8.03. The third-order valence-electron chi connectivity index (χ3n) is 3.76. The molecule has 1 aliphatic carbocycles. The smallest absolute Gasteiger partial charge is 0.238 e. The molecule has 0 amide bonds. The number of aromatic nitrogens is 2. The molecule has 1 aliphatic rings. The summed E-state index contributed by atoms with van der Waals surface area (Å²) < 4.78 is 36.2. The predicted molar refractivity (Wildman–Crippen MR) is 79.7 cm³/mol. The lowest BCUT2D eigenvalue weighted by Gasteiger charge is -2.24. The van der Waals surface area contributed by atoms with Gasteiger partial charge in [-0.25, -0.2) is 27.9 Å². The number of nitrogens with zero attached hydrogens (tertiary/aromatic N) is 2. The van der Waals surface area contributed by atoms with E-state index in [1.165, 1.54) is 18.6 Å². The first-order chi connectivity index (χ1) is 10.4. The highest BCUT2D eigenvalue weighted by Gasteiger charge is 2.20. The molecule has 8 heteroatoms. The fourth-order valence-electron chi connectivity index (χ4n) is 2.25. The van der Waals surface area contributed by atoms with E-state index in [1.54, 1.807) is 12.4 Å². The minimum atomic E-state index is -3.93. The molecule has 6 nitrogen and oxygen atoms in total. The second kappa shape index (κ2) is 5.62. The fourth-order valence-corrected chi connectivity index (χ4v) is 2.78. The van der Waals surface area contributed by atoms with Crippen molar-refractivity contribution in [2.45, 2.75) is 30.1 Å². The molecule has 0 spiro atoms. The number of halogens is 1. The Bertz CT molecular complexity index is 789. The van der Waals surface area contributed by atoms with Gasteiger partial charge in [0, 0.05) is 12.4 Å². The lowest BCUT2D eigenvalue weighted by molar-refractivity contribution is 0.418. The number of benzene rings is 1. The maximum atomic E-state index is 13.9. The molecule has 0 unspecified atom stereocenters. The van der Waals surface area contributed by atoms with E-state index in [0.29, 0.717) is 5.92 Å². The van der Waals surface area contributed by atoms with Crippen molar-refractivity contribution in [1.29, 1.82) is 0 Å². The summed E-state index contributed by atoms with van der Waals surface area (Å²) in [5, 5.41) is 7.67. The van der Waals surface area contributed by atoms with E-state index in [0.717, 1.165) is 24.5 Å². The van der Waals surface area contributed by atoms with Crippen molar-refractivity contribution in [2.75, 3.05) is 5.32 Å². The zero-order valence-corrected chi connectivity index (χ0v) is 12.5. The molecule has 1 aromatic heterocycles. The van der Waals surface area contributed by atoms with Crippen molar-refractivity contribution in [3.63, 3.8) is 0 Å². The van der Waals surface area contributed by atoms with E-state index in [9.17, 15) is 12.8 Å². The largest absolute Gasteiger partial charge is 0.322 e. The maximum Gasteiger partial charge on any atom is 0.238 e. The van der Waals surface area contributed by atoms with Gasteiger partial charge in [0.25, 0.3) is 0 Å². The third kappa shape index (κ3) is 3.07. The van der Waals surface area contributed by atoms with Crippen molar-refractivity contribution >= 4 is 21.7 Å². The van der Waals surface area contributed by atoms with Crippen LogP contribution in [0.1, 0.15) is 30.7 Å². The van der Waals surface area contributed by atoms with Crippen LogP contribution < -0.4 is 10.5 Å². The Balaban J connectivity index is 1.78. The van der Waals surface area contributed by atoms with Gasteiger partial charge in [0.1, 0.15) is 5.82 Å². The fraction of sp³-hybridized carbons (Fsp3) is 0.286. The summed E-state index contributed by atoms with van der Waals surface area (Å²) in [6.07, 6.45) is 7.00. The van der Waals surface area contributed by atoms with Crippen molar-refractivity contribution in [2.24, 2.45) is 5.14 Å². The Morgan fingerprint density at radius 3 is 2.41 bits per heavy atom. The van der Waals surface area contributed by atoms with Gasteiger partial charge in [-0.3, -0.25) is 0 Å². The molecule has 1 aromatic carbocycles. The second-order valence-corrected chi connectivity index (χ2v) is 6.84. The summed E-state index contributed by atoms with van der Waals surface area (Å²) in [6, 6.07) is 3.38. The first kappa shape index (κ1) is 14.9. The van der Waals surface area contributed by atoms with Crippen molar-refractivity contribution < 1.29 is 12.8 Å². The van der Waals surface area contributed by atoms with Gasteiger partial charge in [-0.1, -0.05) is 6.42 Å². The van der Waals surface area contributed by atoms with Crippen molar-refractivity contribution in [3.05, 3.63) is 42.0 Å². The predicted octanol–water partition coefficient (Wildman–Crippen LogP) is 2.27. The molecule has 1 heterocycles. The number of sulfonamides is 1. The maximum absolute atomic E-state index is 13.9. The topological polar surface area (TPSA) is 98.0 Å². The van der Waals surface area contributed by atoms with Crippen LogP contribution in [0.5, 0.6) is 0 Å². The molecule has 0 atom stereocenters. The molecule has 3 N–H and O–H groups in total. The number of anilines is 2. The number of hydrogen-bond acceptors (Lipinski definition) is 5. The molecular formula is C14H15FN4O2S. The highest BCUT2D eigenvalue weighted by Crippen LogP contribution is 2.35. The van der Waals surface area contributed by atoms with Gasteiger partial charge in [0.05, 0.1) is 10.6 Å². The minimum absolute atomic E-state index is 0.0868. The van der Waals surface area contributed by atoms with E-state index in [4.69, 9.17) is 5.14 Å². The number of primary sulfonamides is 1. The van der Waals surface area contributed by atoms with E-state index in [1.807, 2.05) is 0 Å². The van der Waals surface area contributed by atoms with Crippen molar-refractivity contribution in [1.82, 2.24) is 9.97 Å². The zero-order valence-electron chi connectivity index (χ0n) is 11.7. The van der Waals surface area contributed by atoms with Gasteiger partial charge in [0.15, 0.2) is 0 Å². The molecular weight excluding hydrogens is 307 g/mol. The van der Waals surface area contributed by atoms with Crippen LogP contribution in [-0.2, 0) is 10.0 Å². The van der Waals surface area contributed by atoms with Gasteiger partial charge in [-0.2, -0.15) is 0 Å². The first-order valence-corrected chi connectivity index (χ1v) is 8.39. The van der Waals surface area contributed by atoms with Gasteiger partial charge < -0.3 is 5.32 Å². The zero-order chi connectivity index (χ0) is 15.7. The quantitative estimate of drug-likeness (QED) is 0.900. The molecule has 1 saturated carbocycles. The molecule has 22 heavy (non-hydrogen) atoms. The Kier molecular flexibility index (Phi) is 3.79. The number of hydrogen-bond donors (Lipinski definition) is 2. The van der Waals surface area contributed by atoms with Crippen LogP contribution in [0, 0.1) is 5.82 Å². The molecule has 0 radical (unpaired) electrons. The SMILES string of the molecule is NS(=O)(=O)c1ccc(Nc2ncc(C3CCC3)cn2)c(F)c1. The minimum Gasteiger partial charge on any atom is -0.322 e. The summed E-state index contributed by atoms with van der Waals surface area (Å²) in [6.45, 7) is 0. The molecule has 3 rings (SSSR count). The normalized spacial score (nSPS) is 15.4. The standard InChI is InChI=1S/C14H15FN4O2S/c15-12-6-11(22(16,20)21)4-5-13(12)19-14-17-7-10(8-18-14)9-2-1-3-9/h4-9H,1-3H2,(H2,16,20,21)(H,17,18,19). The van der Waals surface area contributed by atoms with Crippen LogP contribution in [0.2, 0.25) is 0 Å². The summed E-state index contributed by atoms with van der Waals surface area (Å²) in [5.41, 5.74) is 1.17. The Hall–Kier alpha value is -2.06. The van der Waals surface area contributed by atoms with Crippen LogP contribution >= 0.6 is 0 Å². The van der Waals surface area contributed by atoms with E-state index < -0.39 is 15.8 Å². The lowest BCUT2D eigenvalue weighted by Crippen LogP contribution is -2.12. The van der Waals surface area contributed by atoms with Crippen molar-refractivity contribution in [3.8, 4) is 0 Å². The van der Waals surface area contributed by atoms with E-state index in [-0.39, 0.29) is 16.5 Å². The average Bonchev–Trinajstić information content (AvgIpc) is 2.40. The van der Waals surface area contributed by atoms with Gasteiger partial charge in [-0.05, 0) is 42.5 Å².